The van der Waals surface area contributed by atoms with Gasteiger partial charge in [-0.3, -0.25) is 4.79 Å². The molecule has 1 amide bonds. The maximum atomic E-state index is 12.3. The Morgan fingerprint density at radius 1 is 0.960 bits per heavy atom. The predicted molar refractivity (Wildman–Crippen MR) is 106 cm³/mol. The molecule has 3 nitrogen and oxygen atoms in total. The molecule has 0 heterocycles. The van der Waals surface area contributed by atoms with Crippen LogP contribution in [0.3, 0.4) is 0 Å². The number of rotatable bonds is 10. The number of amides is 1. The fraction of sp³-hybridized carbons (Fsp3) is 0.409. The average molecular weight is 338 g/mol. The molecule has 0 aliphatic carbocycles. The Labute approximate surface area is 151 Å². The lowest BCUT2D eigenvalue weighted by Crippen LogP contribution is -2.24. The van der Waals surface area contributed by atoms with Gasteiger partial charge in [-0.1, -0.05) is 63.4 Å². The SMILES string of the molecule is CCCCCCNC(=O)c1cccc(CNc2ccccc2CC)c1. The second-order valence-electron chi connectivity index (χ2n) is 6.38. The second kappa shape index (κ2) is 10.5. The predicted octanol–water partition coefficient (Wildman–Crippen LogP) is 5.17. The lowest BCUT2D eigenvalue weighted by molar-refractivity contribution is 0.0953. The van der Waals surface area contributed by atoms with Crippen molar-refractivity contribution in [1.82, 2.24) is 5.32 Å². The molecule has 0 saturated carbocycles. The highest BCUT2D eigenvalue weighted by Gasteiger charge is 2.06. The fourth-order valence-electron chi connectivity index (χ4n) is 2.88. The van der Waals surface area contributed by atoms with E-state index in [1.807, 2.05) is 24.3 Å². The van der Waals surface area contributed by atoms with Crippen molar-refractivity contribution in [3.05, 3.63) is 65.2 Å². The van der Waals surface area contributed by atoms with Crippen LogP contribution in [0.2, 0.25) is 0 Å². The largest absolute Gasteiger partial charge is 0.381 e. The minimum Gasteiger partial charge on any atom is -0.381 e. The van der Waals surface area contributed by atoms with Crippen molar-refractivity contribution in [1.29, 1.82) is 0 Å². The number of unbranched alkanes of at least 4 members (excludes halogenated alkanes) is 3. The normalized spacial score (nSPS) is 10.5. The molecule has 2 N–H and O–H groups in total. The molecule has 2 aromatic carbocycles. The molecule has 0 aliphatic heterocycles. The number of nitrogens with one attached hydrogen (secondary N) is 2. The van der Waals surface area contributed by atoms with Gasteiger partial charge in [-0.05, 0) is 42.2 Å². The molecule has 0 atom stereocenters. The molecule has 0 saturated heterocycles. The smallest absolute Gasteiger partial charge is 0.251 e. The van der Waals surface area contributed by atoms with Crippen LogP contribution < -0.4 is 10.6 Å². The quantitative estimate of drug-likeness (QED) is 0.587. The third kappa shape index (κ3) is 6.26. The lowest BCUT2D eigenvalue weighted by Gasteiger charge is -2.12. The standard InChI is InChI=1S/C22H30N2O/c1-3-5-6-9-15-23-22(25)20-13-10-11-18(16-20)17-24-21-14-8-7-12-19(21)4-2/h7-8,10-14,16,24H,3-6,9,15,17H2,1-2H3,(H,23,25). The second-order valence-corrected chi connectivity index (χ2v) is 6.38. The van der Waals surface area contributed by atoms with E-state index in [0.717, 1.165) is 36.2 Å². The van der Waals surface area contributed by atoms with Crippen LogP contribution in [0.25, 0.3) is 0 Å². The number of hydrogen-bond acceptors (Lipinski definition) is 2. The van der Waals surface area contributed by atoms with Crippen LogP contribution in [-0.2, 0) is 13.0 Å². The average Bonchev–Trinajstić information content (AvgIpc) is 2.66. The number of benzene rings is 2. The summed E-state index contributed by atoms with van der Waals surface area (Å²) in [7, 11) is 0. The van der Waals surface area contributed by atoms with E-state index in [1.165, 1.54) is 24.8 Å². The van der Waals surface area contributed by atoms with E-state index in [9.17, 15) is 4.79 Å². The summed E-state index contributed by atoms with van der Waals surface area (Å²) in [5.41, 5.74) is 4.32. The minimum absolute atomic E-state index is 0.0207. The van der Waals surface area contributed by atoms with Crippen molar-refractivity contribution in [2.45, 2.75) is 52.5 Å². The van der Waals surface area contributed by atoms with Crippen molar-refractivity contribution < 1.29 is 4.79 Å². The topological polar surface area (TPSA) is 41.1 Å². The summed E-state index contributed by atoms with van der Waals surface area (Å²) < 4.78 is 0. The zero-order chi connectivity index (χ0) is 17.9. The Morgan fingerprint density at radius 3 is 2.60 bits per heavy atom. The molecule has 0 aliphatic rings. The first kappa shape index (κ1) is 19.0. The molecule has 25 heavy (non-hydrogen) atoms. The van der Waals surface area contributed by atoms with Gasteiger partial charge >= 0.3 is 0 Å². The Hall–Kier alpha value is -2.29. The van der Waals surface area contributed by atoms with Crippen molar-refractivity contribution in [3.63, 3.8) is 0 Å². The molecule has 0 fully saturated rings. The molecule has 0 aromatic heterocycles. The van der Waals surface area contributed by atoms with Crippen LogP contribution in [-0.4, -0.2) is 12.5 Å². The van der Waals surface area contributed by atoms with E-state index in [4.69, 9.17) is 0 Å². The van der Waals surface area contributed by atoms with Crippen molar-refractivity contribution in [2.75, 3.05) is 11.9 Å². The van der Waals surface area contributed by atoms with Gasteiger partial charge in [0.15, 0.2) is 0 Å². The molecule has 0 unspecified atom stereocenters. The zero-order valence-corrected chi connectivity index (χ0v) is 15.5. The van der Waals surface area contributed by atoms with Crippen LogP contribution in [0.15, 0.2) is 48.5 Å². The number of carbonyl (C=O) groups excluding carboxylic acids is 1. The first-order chi connectivity index (χ1) is 12.2. The van der Waals surface area contributed by atoms with Crippen LogP contribution in [0, 0.1) is 0 Å². The Kier molecular flexibility index (Phi) is 8.03. The van der Waals surface area contributed by atoms with E-state index in [1.54, 1.807) is 0 Å². The van der Waals surface area contributed by atoms with E-state index in [2.05, 4.69) is 48.7 Å². The number of para-hydroxylation sites is 1. The van der Waals surface area contributed by atoms with Crippen LogP contribution >= 0.6 is 0 Å². The van der Waals surface area contributed by atoms with Crippen LogP contribution in [0.1, 0.15) is 61.0 Å². The van der Waals surface area contributed by atoms with Crippen molar-refractivity contribution >= 4 is 11.6 Å². The number of aryl methyl sites for hydroxylation is 1. The van der Waals surface area contributed by atoms with Crippen LogP contribution in [0.4, 0.5) is 5.69 Å². The van der Waals surface area contributed by atoms with Crippen molar-refractivity contribution in [3.8, 4) is 0 Å². The van der Waals surface area contributed by atoms with Gasteiger partial charge in [0.1, 0.15) is 0 Å². The Bertz CT molecular complexity index is 667. The molecule has 2 aromatic rings. The third-order valence-corrected chi connectivity index (χ3v) is 4.39. The minimum atomic E-state index is 0.0207. The highest BCUT2D eigenvalue weighted by atomic mass is 16.1. The molecular weight excluding hydrogens is 308 g/mol. The van der Waals surface area contributed by atoms with E-state index in [-0.39, 0.29) is 5.91 Å². The van der Waals surface area contributed by atoms with Gasteiger partial charge in [0, 0.05) is 24.3 Å². The monoisotopic (exact) mass is 338 g/mol. The number of anilines is 1. The van der Waals surface area contributed by atoms with Gasteiger partial charge in [0.2, 0.25) is 0 Å². The molecule has 134 valence electrons. The van der Waals surface area contributed by atoms with E-state index >= 15 is 0 Å². The van der Waals surface area contributed by atoms with Gasteiger partial charge < -0.3 is 10.6 Å². The fourth-order valence-corrected chi connectivity index (χ4v) is 2.88. The summed E-state index contributed by atoms with van der Waals surface area (Å²) in [5.74, 6) is 0.0207. The summed E-state index contributed by atoms with van der Waals surface area (Å²) in [4.78, 5) is 12.3. The third-order valence-electron chi connectivity index (χ3n) is 4.39. The van der Waals surface area contributed by atoms with Crippen LogP contribution in [0.5, 0.6) is 0 Å². The molecule has 2 rings (SSSR count). The van der Waals surface area contributed by atoms with Gasteiger partial charge in [-0.15, -0.1) is 0 Å². The number of carbonyl (C=O) groups is 1. The summed E-state index contributed by atoms with van der Waals surface area (Å²) in [6, 6.07) is 16.2. The molecule has 3 heteroatoms. The van der Waals surface area contributed by atoms with Gasteiger partial charge in [-0.2, -0.15) is 0 Å². The molecule has 0 bridgehead atoms. The molecular formula is C22H30N2O. The molecule has 0 spiro atoms. The highest BCUT2D eigenvalue weighted by Crippen LogP contribution is 2.17. The summed E-state index contributed by atoms with van der Waals surface area (Å²) in [6.45, 7) is 5.82. The van der Waals surface area contributed by atoms with E-state index < -0.39 is 0 Å². The number of hydrogen-bond donors (Lipinski definition) is 2. The summed E-state index contributed by atoms with van der Waals surface area (Å²) >= 11 is 0. The van der Waals surface area contributed by atoms with Crippen molar-refractivity contribution in [2.24, 2.45) is 0 Å². The van der Waals surface area contributed by atoms with Gasteiger partial charge in [0.25, 0.3) is 5.91 Å². The maximum absolute atomic E-state index is 12.3. The maximum Gasteiger partial charge on any atom is 0.251 e. The first-order valence-electron chi connectivity index (χ1n) is 9.43. The van der Waals surface area contributed by atoms with Gasteiger partial charge in [-0.25, -0.2) is 0 Å². The van der Waals surface area contributed by atoms with E-state index in [0.29, 0.717) is 6.54 Å². The Morgan fingerprint density at radius 2 is 1.80 bits per heavy atom. The van der Waals surface area contributed by atoms with Gasteiger partial charge in [0.05, 0.1) is 0 Å². The zero-order valence-electron chi connectivity index (χ0n) is 15.5. The summed E-state index contributed by atoms with van der Waals surface area (Å²) in [6.07, 6.45) is 5.68. The Balaban J connectivity index is 1.89. The first-order valence-corrected chi connectivity index (χ1v) is 9.43. The lowest BCUT2D eigenvalue weighted by atomic mass is 10.1. The highest BCUT2D eigenvalue weighted by molar-refractivity contribution is 5.94. The molecule has 0 radical (unpaired) electrons. The summed E-state index contributed by atoms with van der Waals surface area (Å²) in [5, 5.41) is 6.50.